The molecule has 0 aromatic carbocycles. The number of ketones is 1. The van der Waals surface area contributed by atoms with E-state index in [1.54, 1.807) is 6.08 Å². The standard InChI is InChI=1S/C21H29NO3/c1-16(13-20(24)25-6)10-11-19-17(9-7-8-12-22(4)5)14-18(23)15-21(19,2)3/h7-14,19H,15H2,1-6H3/b9-7-,11-10+,12-8+,16-13-. The van der Waals surface area contributed by atoms with E-state index in [9.17, 15) is 9.59 Å². The molecule has 4 nitrogen and oxygen atoms in total. The van der Waals surface area contributed by atoms with Gasteiger partial charge in [-0.1, -0.05) is 38.2 Å². The number of methoxy groups -OCH3 is 1. The van der Waals surface area contributed by atoms with Crippen molar-refractivity contribution in [1.29, 1.82) is 0 Å². The Morgan fingerprint density at radius 2 is 2.00 bits per heavy atom. The van der Waals surface area contributed by atoms with E-state index in [2.05, 4.69) is 24.7 Å². The normalized spacial score (nSPS) is 21.2. The summed E-state index contributed by atoms with van der Waals surface area (Å²) in [6.07, 6.45) is 15.5. The fraction of sp³-hybridized carbons (Fsp3) is 0.429. The van der Waals surface area contributed by atoms with Crippen LogP contribution in [0.5, 0.6) is 0 Å². The average Bonchev–Trinajstić information content (AvgIpc) is 2.49. The van der Waals surface area contributed by atoms with Gasteiger partial charge in [-0.2, -0.15) is 0 Å². The van der Waals surface area contributed by atoms with Gasteiger partial charge < -0.3 is 9.64 Å². The van der Waals surface area contributed by atoms with Crippen molar-refractivity contribution < 1.29 is 14.3 Å². The van der Waals surface area contributed by atoms with Crippen molar-refractivity contribution >= 4 is 11.8 Å². The molecule has 0 N–H and O–H groups in total. The highest BCUT2D eigenvalue weighted by molar-refractivity contribution is 5.92. The Kier molecular flexibility index (Phi) is 7.62. The summed E-state index contributed by atoms with van der Waals surface area (Å²) in [5, 5.41) is 0. The summed E-state index contributed by atoms with van der Waals surface area (Å²) in [4.78, 5) is 25.3. The van der Waals surface area contributed by atoms with E-state index in [0.717, 1.165) is 11.1 Å². The quantitative estimate of drug-likeness (QED) is 0.418. The first-order valence-electron chi connectivity index (χ1n) is 8.36. The molecular weight excluding hydrogens is 314 g/mol. The first-order valence-corrected chi connectivity index (χ1v) is 8.36. The van der Waals surface area contributed by atoms with Gasteiger partial charge in [0.05, 0.1) is 7.11 Å². The van der Waals surface area contributed by atoms with Crippen LogP contribution in [0.25, 0.3) is 0 Å². The van der Waals surface area contributed by atoms with Crippen molar-refractivity contribution in [3.05, 3.63) is 59.9 Å². The summed E-state index contributed by atoms with van der Waals surface area (Å²) < 4.78 is 4.65. The van der Waals surface area contributed by atoms with Gasteiger partial charge in [0.1, 0.15) is 0 Å². The second kappa shape index (κ2) is 9.21. The molecule has 0 fully saturated rings. The topological polar surface area (TPSA) is 46.6 Å². The molecule has 136 valence electrons. The zero-order valence-electron chi connectivity index (χ0n) is 16.1. The highest BCUT2D eigenvalue weighted by Gasteiger charge is 2.35. The predicted octanol–water partition coefficient (Wildman–Crippen LogP) is 3.84. The van der Waals surface area contributed by atoms with E-state index in [4.69, 9.17) is 0 Å². The average molecular weight is 343 g/mol. The molecule has 1 aliphatic rings. The Balaban J connectivity index is 3.08. The van der Waals surface area contributed by atoms with Gasteiger partial charge in [0.15, 0.2) is 5.78 Å². The first-order chi connectivity index (χ1) is 11.7. The molecule has 0 spiro atoms. The van der Waals surface area contributed by atoms with Gasteiger partial charge in [-0.25, -0.2) is 4.79 Å². The molecule has 25 heavy (non-hydrogen) atoms. The number of esters is 1. The van der Waals surface area contributed by atoms with Crippen molar-refractivity contribution in [2.75, 3.05) is 21.2 Å². The summed E-state index contributed by atoms with van der Waals surface area (Å²) in [6.45, 7) is 6.04. The molecule has 1 atom stereocenters. The minimum absolute atomic E-state index is 0.0928. The smallest absolute Gasteiger partial charge is 0.330 e. The predicted molar refractivity (Wildman–Crippen MR) is 102 cm³/mol. The monoisotopic (exact) mass is 343 g/mol. The molecule has 0 radical (unpaired) electrons. The lowest BCUT2D eigenvalue weighted by Crippen LogP contribution is -2.30. The maximum Gasteiger partial charge on any atom is 0.330 e. The lowest BCUT2D eigenvalue weighted by Gasteiger charge is -2.36. The van der Waals surface area contributed by atoms with Crippen LogP contribution in [0, 0.1) is 11.3 Å². The van der Waals surface area contributed by atoms with Gasteiger partial charge in [-0.05, 0) is 41.8 Å². The Hall–Kier alpha value is -2.36. The SMILES string of the molecule is COC(=O)/C=C(C)\C=C\C1C(/C=C\C=C\N(C)C)=CC(=O)CC1(C)C. The van der Waals surface area contributed by atoms with Gasteiger partial charge in [-0.15, -0.1) is 0 Å². The molecule has 0 bridgehead atoms. The molecule has 1 aliphatic carbocycles. The zero-order chi connectivity index (χ0) is 19.0. The van der Waals surface area contributed by atoms with E-state index >= 15 is 0 Å². The first kappa shape index (κ1) is 20.7. The summed E-state index contributed by atoms with van der Waals surface area (Å²) in [5.74, 6) is -0.132. The fourth-order valence-electron chi connectivity index (χ4n) is 2.79. The van der Waals surface area contributed by atoms with Gasteiger partial charge in [-0.3, -0.25) is 4.79 Å². The Morgan fingerprint density at radius 1 is 1.32 bits per heavy atom. The number of nitrogens with zero attached hydrogens (tertiary/aromatic N) is 1. The molecule has 0 aromatic rings. The van der Waals surface area contributed by atoms with E-state index in [1.165, 1.54) is 13.2 Å². The molecule has 1 unspecified atom stereocenters. The molecular formula is C21H29NO3. The number of hydrogen-bond acceptors (Lipinski definition) is 4. The van der Waals surface area contributed by atoms with Crippen molar-refractivity contribution in [1.82, 2.24) is 4.90 Å². The van der Waals surface area contributed by atoms with Gasteiger partial charge >= 0.3 is 5.97 Å². The van der Waals surface area contributed by atoms with E-state index < -0.39 is 0 Å². The molecule has 0 saturated carbocycles. The number of rotatable bonds is 6. The Labute approximate surface area is 151 Å². The second-order valence-corrected chi connectivity index (χ2v) is 7.19. The number of carbonyl (C=O) groups is 2. The van der Waals surface area contributed by atoms with Crippen LogP contribution in [-0.4, -0.2) is 37.9 Å². The Morgan fingerprint density at radius 3 is 2.60 bits per heavy atom. The van der Waals surface area contributed by atoms with E-state index in [-0.39, 0.29) is 23.1 Å². The molecule has 0 saturated heterocycles. The lowest BCUT2D eigenvalue weighted by atomic mass is 9.67. The minimum atomic E-state index is -0.371. The molecule has 0 amide bonds. The molecule has 1 rings (SSSR count). The second-order valence-electron chi connectivity index (χ2n) is 7.19. The number of carbonyl (C=O) groups excluding carboxylic acids is 2. The Bertz CT molecular complexity index is 646. The van der Waals surface area contributed by atoms with Crippen LogP contribution in [-0.2, 0) is 14.3 Å². The molecule has 0 heterocycles. The fourth-order valence-corrected chi connectivity index (χ4v) is 2.79. The third kappa shape index (κ3) is 6.96. The zero-order valence-corrected chi connectivity index (χ0v) is 16.1. The maximum atomic E-state index is 12.1. The van der Waals surface area contributed by atoms with Crippen LogP contribution in [0.1, 0.15) is 27.2 Å². The van der Waals surface area contributed by atoms with Crippen molar-refractivity contribution in [2.45, 2.75) is 27.2 Å². The number of ether oxygens (including phenoxy) is 1. The van der Waals surface area contributed by atoms with E-state index in [0.29, 0.717) is 6.42 Å². The van der Waals surface area contributed by atoms with Crippen LogP contribution in [0.3, 0.4) is 0 Å². The number of allylic oxidation sites excluding steroid dienone is 8. The van der Waals surface area contributed by atoms with Crippen molar-refractivity contribution in [3.63, 3.8) is 0 Å². The molecule has 0 aliphatic heterocycles. The van der Waals surface area contributed by atoms with Crippen LogP contribution in [0.2, 0.25) is 0 Å². The largest absolute Gasteiger partial charge is 0.466 e. The van der Waals surface area contributed by atoms with Crippen LogP contribution >= 0.6 is 0 Å². The maximum absolute atomic E-state index is 12.1. The number of hydrogen-bond donors (Lipinski definition) is 0. The summed E-state index contributed by atoms with van der Waals surface area (Å²) in [6, 6.07) is 0. The summed E-state index contributed by atoms with van der Waals surface area (Å²) in [7, 11) is 5.27. The molecule has 4 heteroatoms. The highest BCUT2D eigenvalue weighted by Crippen LogP contribution is 2.41. The third-order valence-corrected chi connectivity index (χ3v) is 4.04. The van der Waals surface area contributed by atoms with Crippen LogP contribution in [0.15, 0.2) is 59.9 Å². The lowest BCUT2D eigenvalue weighted by molar-refractivity contribution is -0.134. The van der Waals surface area contributed by atoms with Gasteiger partial charge in [0.25, 0.3) is 0 Å². The third-order valence-electron chi connectivity index (χ3n) is 4.04. The van der Waals surface area contributed by atoms with Gasteiger partial charge in [0, 0.05) is 32.5 Å². The summed E-state index contributed by atoms with van der Waals surface area (Å²) in [5.41, 5.74) is 1.61. The van der Waals surface area contributed by atoms with Gasteiger partial charge in [0.2, 0.25) is 0 Å². The molecule has 0 aromatic heterocycles. The van der Waals surface area contributed by atoms with Crippen LogP contribution < -0.4 is 0 Å². The minimum Gasteiger partial charge on any atom is -0.466 e. The summed E-state index contributed by atoms with van der Waals surface area (Å²) >= 11 is 0. The van der Waals surface area contributed by atoms with Crippen molar-refractivity contribution in [2.24, 2.45) is 11.3 Å². The highest BCUT2D eigenvalue weighted by atomic mass is 16.5. The van der Waals surface area contributed by atoms with Crippen molar-refractivity contribution in [3.8, 4) is 0 Å². The van der Waals surface area contributed by atoms with E-state index in [1.807, 2.05) is 56.4 Å². The van der Waals surface area contributed by atoms with Crippen LogP contribution in [0.4, 0.5) is 0 Å².